The summed E-state index contributed by atoms with van der Waals surface area (Å²) in [5.41, 5.74) is 0.884. The zero-order valence-corrected chi connectivity index (χ0v) is 12.2. The first-order chi connectivity index (χ1) is 8.56. The van der Waals surface area contributed by atoms with Gasteiger partial charge in [0, 0.05) is 22.5 Å². The molecule has 1 saturated heterocycles. The highest BCUT2D eigenvalue weighted by molar-refractivity contribution is 14.1. The molecule has 1 fully saturated rings. The summed E-state index contributed by atoms with van der Waals surface area (Å²) in [5.74, 6) is 0.107. The fourth-order valence-corrected chi connectivity index (χ4v) is 2.15. The van der Waals surface area contributed by atoms with Crippen molar-refractivity contribution in [3.8, 4) is 0 Å². The number of aryl methyl sites for hydroxylation is 1. The van der Waals surface area contributed by atoms with Gasteiger partial charge in [-0.15, -0.1) is 0 Å². The van der Waals surface area contributed by atoms with Crippen LogP contribution in [-0.2, 0) is 9.59 Å². The summed E-state index contributed by atoms with van der Waals surface area (Å²) in [6.45, 7) is 2.46. The normalized spacial score (nSPS) is 19.2. The molecule has 0 spiro atoms. The lowest BCUT2D eigenvalue weighted by Gasteiger charge is -2.21. The predicted octanol–water partition coefficient (Wildman–Crippen LogP) is 1.46. The second-order valence-corrected chi connectivity index (χ2v) is 5.45. The molecule has 1 unspecified atom stereocenters. The van der Waals surface area contributed by atoms with E-state index in [2.05, 4.69) is 38.2 Å². The first-order valence-corrected chi connectivity index (χ1v) is 6.85. The van der Waals surface area contributed by atoms with E-state index in [4.69, 9.17) is 0 Å². The monoisotopic (exact) mass is 359 g/mol. The zero-order chi connectivity index (χ0) is 13.1. The number of aromatic nitrogens is 1. The van der Waals surface area contributed by atoms with Crippen LogP contribution in [0.5, 0.6) is 0 Å². The van der Waals surface area contributed by atoms with Crippen LogP contribution in [0.3, 0.4) is 0 Å². The molecule has 2 rings (SSSR count). The van der Waals surface area contributed by atoms with Gasteiger partial charge in [-0.1, -0.05) is 0 Å². The van der Waals surface area contributed by atoms with Crippen molar-refractivity contribution in [1.82, 2.24) is 10.3 Å². The van der Waals surface area contributed by atoms with Crippen LogP contribution in [-0.4, -0.2) is 23.3 Å². The molecule has 0 bridgehead atoms. The van der Waals surface area contributed by atoms with E-state index in [0.29, 0.717) is 18.8 Å². The number of amides is 2. The highest BCUT2D eigenvalue weighted by Gasteiger charge is 2.25. The number of carbonyl (C=O) groups excluding carboxylic acids is 2. The maximum absolute atomic E-state index is 12.0. The molecule has 1 aromatic rings. The van der Waals surface area contributed by atoms with E-state index < -0.39 is 0 Å². The highest BCUT2D eigenvalue weighted by Crippen LogP contribution is 2.17. The largest absolute Gasteiger partial charge is 0.356 e. The number of anilines is 1. The SMILES string of the molecule is Cc1nc(NC(=O)C2CCNC(=O)C2)ccc1I. The molecule has 1 aliphatic rings. The second-order valence-electron chi connectivity index (χ2n) is 4.29. The minimum absolute atomic E-state index is 0.0619. The van der Waals surface area contributed by atoms with Gasteiger partial charge in [0.15, 0.2) is 0 Å². The Kier molecular flexibility index (Phi) is 4.15. The summed E-state index contributed by atoms with van der Waals surface area (Å²) in [4.78, 5) is 27.5. The van der Waals surface area contributed by atoms with Crippen molar-refractivity contribution < 1.29 is 9.59 Å². The molecule has 0 saturated carbocycles. The molecule has 18 heavy (non-hydrogen) atoms. The average Bonchev–Trinajstić information content (AvgIpc) is 2.34. The van der Waals surface area contributed by atoms with Crippen LogP contribution < -0.4 is 10.6 Å². The molecule has 2 N–H and O–H groups in total. The number of halogens is 1. The first-order valence-electron chi connectivity index (χ1n) is 5.77. The third kappa shape index (κ3) is 3.18. The van der Waals surface area contributed by atoms with Gasteiger partial charge >= 0.3 is 0 Å². The summed E-state index contributed by atoms with van der Waals surface area (Å²) >= 11 is 2.19. The van der Waals surface area contributed by atoms with Crippen molar-refractivity contribution in [3.63, 3.8) is 0 Å². The molecule has 6 heteroatoms. The van der Waals surface area contributed by atoms with Crippen LogP contribution in [0.4, 0.5) is 5.82 Å². The van der Waals surface area contributed by atoms with Gasteiger partial charge in [-0.05, 0) is 48.1 Å². The molecule has 96 valence electrons. The van der Waals surface area contributed by atoms with Gasteiger partial charge in [-0.3, -0.25) is 9.59 Å². The molecule has 0 radical (unpaired) electrons. The van der Waals surface area contributed by atoms with Crippen molar-refractivity contribution in [2.45, 2.75) is 19.8 Å². The van der Waals surface area contributed by atoms with Crippen LogP contribution in [0, 0.1) is 16.4 Å². The van der Waals surface area contributed by atoms with Gasteiger partial charge in [0.25, 0.3) is 0 Å². The van der Waals surface area contributed by atoms with Gasteiger partial charge in [0.1, 0.15) is 5.82 Å². The van der Waals surface area contributed by atoms with Gasteiger partial charge in [0.05, 0.1) is 5.69 Å². The number of piperidine rings is 1. The van der Waals surface area contributed by atoms with E-state index in [1.165, 1.54) is 0 Å². The maximum atomic E-state index is 12.0. The van der Waals surface area contributed by atoms with Crippen LogP contribution in [0.1, 0.15) is 18.5 Å². The smallest absolute Gasteiger partial charge is 0.229 e. The minimum atomic E-state index is -0.250. The summed E-state index contributed by atoms with van der Waals surface area (Å²) < 4.78 is 1.06. The highest BCUT2D eigenvalue weighted by atomic mass is 127. The van der Waals surface area contributed by atoms with E-state index in [1.807, 2.05) is 13.0 Å². The Morgan fingerprint density at radius 3 is 3.00 bits per heavy atom. The Balaban J connectivity index is 2.02. The van der Waals surface area contributed by atoms with Gasteiger partial charge in [-0.25, -0.2) is 4.98 Å². The quantitative estimate of drug-likeness (QED) is 0.786. The molecule has 5 nitrogen and oxygen atoms in total. The second kappa shape index (κ2) is 5.64. The summed E-state index contributed by atoms with van der Waals surface area (Å²) in [5, 5.41) is 5.48. The van der Waals surface area contributed by atoms with Crippen molar-refractivity contribution >= 4 is 40.2 Å². The molecule has 0 aliphatic carbocycles. The number of carbonyl (C=O) groups is 2. The van der Waals surface area contributed by atoms with Crippen molar-refractivity contribution in [1.29, 1.82) is 0 Å². The van der Waals surface area contributed by atoms with Crippen LogP contribution in [0.15, 0.2) is 12.1 Å². The molecule has 1 atom stereocenters. The van der Waals surface area contributed by atoms with E-state index in [9.17, 15) is 9.59 Å². The van der Waals surface area contributed by atoms with Gasteiger partial charge in [0.2, 0.25) is 11.8 Å². The molecule has 2 heterocycles. The maximum Gasteiger partial charge on any atom is 0.229 e. The lowest BCUT2D eigenvalue weighted by Crippen LogP contribution is -2.38. The van der Waals surface area contributed by atoms with E-state index in [-0.39, 0.29) is 24.2 Å². The van der Waals surface area contributed by atoms with Crippen LogP contribution in [0.25, 0.3) is 0 Å². The lowest BCUT2D eigenvalue weighted by atomic mass is 9.97. The number of rotatable bonds is 2. The Labute approximate surface area is 119 Å². The Bertz CT molecular complexity index is 490. The molecular formula is C12H14IN3O2. The predicted molar refractivity (Wildman–Crippen MR) is 76.1 cm³/mol. The van der Waals surface area contributed by atoms with Crippen molar-refractivity contribution in [2.24, 2.45) is 5.92 Å². The molecule has 0 aromatic carbocycles. The third-order valence-corrected chi connectivity index (χ3v) is 4.03. The topological polar surface area (TPSA) is 71.1 Å². The summed E-state index contributed by atoms with van der Waals surface area (Å²) in [7, 11) is 0. The summed E-state index contributed by atoms with van der Waals surface area (Å²) in [6, 6.07) is 3.68. The van der Waals surface area contributed by atoms with Crippen LogP contribution in [0.2, 0.25) is 0 Å². The third-order valence-electron chi connectivity index (χ3n) is 2.89. The standard InChI is InChI=1S/C12H14IN3O2/c1-7-9(13)2-3-10(15-7)16-12(18)8-4-5-14-11(17)6-8/h2-3,8H,4-6H2,1H3,(H,14,17)(H,15,16,18). The van der Waals surface area contributed by atoms with Crippen molar-refractivity contribution in [2.75, 3.05) is 11.9 Å². The number of pyridine rings is 1. The first kappa shape index (κ1) is 13.3. The zero-order valence-electron chi connectivity index (χ0n) is 10.00. The van der Waals surface area contributed by atoms with E-state index in [0.717, 1.165) is 9.26 Å². The van der Waals surface area contributed by atoms with E-state index >= 15 is 0 Å². The fourth-order valence-electron chi connectivity index (χ4n) is 1.85. The molecule has 1 aromatic heterocycles. The molecule has 1 aliphatic heterocycles. The number of nitrogens with one attached hydrogen (secondary N) is 2. The average molecular weight is 359 g/mol. The number of nitrogens with zero attached hydrogens (tertiary/aromatic N) is 1. The molecule has 2 amide bonds. The fraction of sp³-hybridized carbons (Fsp3) is 0.417. The Morgan fingerprint density at radius 1 is 1.56 bits per heavy atom. The van der Waals surface area contributed by atoms with Crippen molar-refractivity contribution in [3.05, 3.63) is 21.4 Å². The Morgan fingerprint density at radius 2 is 2.33 bits per heavy atom. The lowest BCUT2D eigenvalue weighted by molar-refractivity contribution is -0.129. The van der Waals surface area contributed by atoms with Gasteiger partial charge in [-0.2, -0.15) is 0 Å². The number of hydrogen-bond acceptors (Lipinski definition) is 3. The minimum Gasteiger partial charge on any atom is -0.356 e. The van der Waals surface area contributed by atoms with Crippen LogP contribution >= 0.6 is 22.6 Å². The number of hydrogen-bond donors (Lipinski definition) is 2. The Hall–Kier alpha value is -1.18. The summed E-state index contributed by atoms with van der Waals surface area (Å²) in [6.07, 6.45) is 0.941. The van der Waals surface area contributed by atoms with E-state index in [1.54, 1.807) is 6.07 Å². The molecular weight excluding hydrogens is 345 g/mol. The van der Waals surface area contributed by atoms with Gasteiger partial charge < -0.3 is 10.6 Å².